The topological polar surface area (TPSA) is 87.7 Å². The van der Waals surface area contributed by atoms with Crippen molar-refractivity contribution in [3.8, 4) is 0 Å². The number of ether oxygens (including phenoxy) is 1. The van der Waals surface area contributed by atoms with Gasteiger partial charge < -0.3 is 20.5 Å². The van der Waals surface area contributed by atoms with Crippen molar-refractivity contribution in [1.82, 2.24) is 5.32 Å². The van der Waals surface area contributed by atoms with Crippen LogP contribution in [0, 0.1) is 5.92 Å². The van der Waals surface area contributed by atoms with Crippen LogP contribution in [-0.2, 0) is 9.53 Å². The van der Waals surface area contributed by atoms with Gasteiger partial charge in [-0.2, -0.15) is 0 Å². The number of nitrogens with one attached hydrogen (secondary N) is 2. The zero-order valence-electron chi connectivity index (χ0n) is 15.0. The van der Waals surface area contributed by atoms with E-state index in [1.54, 1.807) is 31.2 Å². The van der Waals surface area contributed by atoms with Gasteiger partial charge in [-0.15, -0.1) is 0 Å². The van der Waals surface area contributed by atoms with Crippen molar-refractivity contribution < 1.29 is 19.4 Å². The van der Waals surface area contributed by atoms with Gasteiger partial charge in [0, 0.05) is 18.3 Å². The molecule has 1 aliphatic rings. The van der Waals surface area contributed by atoms with Crippen LogP contribution >= 0.6 is 0 Å². The highest BCUT2D eigenvalue weighted by molar-refractivity contribution is 5.97. The second kappa shape index (κ2) is 9.42. The molecule has 0 unspecified atom stereocenters. The number of amides is 1. The lowest BCUT2D eigenvalue weighted by molar-refractivity contribution is -0.130. The van der Waals surface area contributed by atoms with Crippen LogP contribution in [0.5, 0.6) is 0 Å². The second-order valence-corrected chi connectivity index (χ2v) is 6.62. The molecule has 2 rings (SSSR count). The Labute approximate surface area is 149 Å². The van der Waals surface area contributed by atoms with Gasteiger partial charge in [0.05, 0.1) is 12.2 Å². The molecule has 1 amide bonds. The number of carbonyl (C=O) groups excluding carboxylic acids is 2. The van der Waals surface area contributed by atoms with Gasteiger partial charge in [0.1, 0.15) is 0 Å². The monoisotopic (exact) mass is 348 g/mol. The molecule has 0 aromatic heterocycles. The van der Waals surface area contributed by atoms with E-state index in [1.807, 2.05) is 0 Å². The lowest BCUT2D eigenvalue weighted by Gasteiger charge is -2.30. The molecule has 138 valence electrons. The van der Waals surface area contributed by atoms with E-state index in [0.29, 0.717) is 23.7 Å². The standard InChI is InChI=1S/C19H28N2O4/c1-13-7-3-5-9-16(13)21-18(23)14(2)25-19(24)15-8-4-6-10-17(15)20-11-12-22/h4,6,8,10,13-14,16,20,22H,3,5,7,9,11-12H2,1-2H3,(H,21,23)/t13-,14-,16-/m0/s1. The first-order chi connectivity index (χ1) is 12.0. The van der Waals surface area contributed by atoms with Crippen molar-refractivity contribution in [3.63, 3.8) is 0 Å². The molecule has 1 aliphatic carbocycles. The molecule has 3 atom stereocenters. The Bertz CT molecular complexity index is 591. The second-order valence-electron chi connectivity index (χ2n) is 6.62. The van der Waals surface area contributed by atoms with E-state index < -0.39 is 12.1 Å². The molecule has 6 nitrogen and oxygen atoms in total. The molecular formula is C19H28N2O4. The van der Waals surface area contributed by atoms with Gasteiger partial charge in [-0.1, -0.05) is 31.9 Å². The fourth-order valence-electron chi connectivity index (χ4n) is 3.11. The van der Waals surface area contributed by atoms with Gasteiger partial charge in [-0.05, 0) is 37.8 Å². The normalized spacial score (nSPS) is 21.2. The van der Waals surface area contributed by atoms with E-state index in [0.717, 1.165) is 19.3 Å². The molecule has 3 N–H and O–H groups in total. The molecule has 6 heteroatoms. The van der Waals surface area contributed by atoms with Crippen molar-refractivity contribution in [2.75, 3.05) is 18.5 Å². The summed E-state index contributed by atoms with van der Waals surface area (Å²) in [4.78, 5) is 24.7. The molecule has 25 heavy (non-hydrogen) atoms. The molecule has 1 aromatic carbocycles. The Morgan fingerprint density at radius 1 is 1.28 bits per heavy atom. The van der Waals surface area contributed by atoms with E-state index in [1.165, 1.54) is 6.42 Å². The highest BCUT2D eigenvalue weighted by atomic mass is 16.5. The number of aliphatic hydroxyl groups is 1. The number of esters is 1. The summed E-state index contributed by atoms with van der Waals surface area (Å²) in [5.74, 6) is -0.364. The van der Waals surface area contributed by atoms with E-state index in [2.05, 4.69) is 17.6 Å². The van der Waals surface area contributed by atoms with E-state index in [4.69, 9.17) is 9.84 Å². The summed E-state index contributed by atoms with van der Waals surface area (Å²) in [6.45, 7) is 4.02. The highest BCUT2D eigenvalue weighted by Gasteiger charge is 2.27. The number of carbonyl (C=O) groups is 2. The van der Waals surface area contributed by atoms with Gasteiger partial charge in [-0.3, -0.25) is 4.79 Å². The largest absolute Gasteiger partial charge is 0.449 e. The molecular weight excluding hydrogens is 320 g/mol. The van der Waals surface area contributed by atoms with Crippen molar-refractivity contribution in [2.45, 2.75) is 51.7 Å². The van der Waals surface area contributed by atoms with Crippen LogP contribution in [0.25, 0.3) is 0 Å². The maximum Gasteiger partial charge on any atom is 0.341 e. The van der Waals surface area contributed by atoms with Crippen molar-refractivity contribution in [3.05, 3.63) is 29.8 Å². The number of hydrogen-bond donors (Lipinski definition) is 3. The predicted octanol–water partition coefficient (Wildman–Crippen LogP) is 2.33. The van der Waals surface area contributed by atoms with E-state index >= 15 is 0 Å². The van der Waals surface area contributed by atoms with Crippen LogP contribution in [0.15, 0.2) is 24.3 Å². The summed E-state index contributed by atoms with van der Waals surface area (Å²) in [6, 6.07) is 7.05. The molecule has 0 saturated heterocycles. The number of para-hydroxylation sites is 1. The maximum atomic E-state index is 12.4. The van der Waals surface area contributed by atoms with Crippen LogP contribution in [0.1, 0.15) is 49.9 Å². The SMILES string of the molecule is C[C@H](OC(=O)c1ccccc1NCCO)C(=O)N[C@H]1CCCC[C@@H]1C. The van der Waals surface area contributed by atoms with Crippen molar-refractivity contribution >= 4 is 17.6 Å². The number of benzene rings is 1. The van der Waals surface area contributed by atoms with Gasteiger partial charge in [0.25, 0.3) is 5.91 Å². The zero-order chi connectivity index (χ0) is 18.2. The van der Waals surface area contributed by atoms with E-state index in [-0.39, 0.29) is 18.6 Å². The lowest BCUT2D eigenvalue weighted by atomic mass is 9.86. The van der Waals surface area contributed by atoms with Crippen molar-refractivity contribution in [2.24, 2.45) is 5.92 Å². The van der Waals surface area contributed by atoms with Gasteiger partial charge >= 0.3 is 5.97 Å². The Morgan fingerprint density at radius 3 is 2.72 bits per heavy atom. The fourth-order valence-corrected chi connectivity index (χ4v) is 3.11. The van der Waals surface area contributed by atoms with Gasteiger partial charge in [0.2, 0.25) is 0 Å². The molecule has 0 bridgehead atoms. The quantitative estimate of drug-likeness (QED) is 0.658. The summed E-state index contributed by atoms with van der Waals surface area (Å²) in [7, 11) is 0. The first-order valence-corrected chi connectivity index (χ1v) is 8.98. The maximum absolute atomic E-state index is 12.4. The molecule has 1 aromatic rings. The van der Waals surface area contributed by atoms with Crippen LogP contribution in [0.2, 0.25) is 0 Å². The zero-order valence-corrected chi connectivity index (χ0v) is 15.0. The summed E-state index contributed by atoms with van der Waals surface area (Å²) < 4.78 is 5.34. The molecule has 0 aliphatic heterocycles. The van der Waals surface area contributed by atoms with Crippen LogP contribution in [0.3, 0.4) is 0 Å². The van der Waals surface area contributed by atoms with Crippen molar-refractivity contribution in [1.29, 1.82) is 0 Å². The third-order valence-corrected chi connectivity index (χ3v) is 4.67. The average molecular weight is 348 g/mol. The van der Waals surface area contributed by atoms with Gasteiger partial charge in [-0.25, -0.2) is 4.79 Å². The predicted molar refractivity (Wildman–Crippen MR) is 96.5 cm³/mol. The number of hydrogen-bond acceptors (Lipinski definition) is 5. The number of anilines is 1. The minimum Gasteiger partial charge on any atom is -0.449 e. The minimum absolute atomic E-state index is 0.0399. The Hall–Kier alpha value is -2.08. The average Bonchev–Trinajstić information content (AvgIpc) is 2.62. The summed E-state index contributed by atoms with van der Waals surface area (Å²) >= 11 is 0. The smallest absolute Gasteiger partial charge is 0.341 e. The van der Waals surface area contributed by atoms with Crippen LogP contribution < -0.4 is 10.6 Å². The first-order valence-electron chi connectivity index (χ1n) is 8.98. The Morgan fingerprint density at radius 2 is 2.00 bits per heavy atom. The highest BCUT2D eigenvalue weighted by Crippen LogP contribution is 2.24. The molecule has 0 radical (unpaired) electrons. The van der Waals surface area contributed by atoms with Crippen LogP contribution in [0.4, 0.5) is 5.69 Å². The molecule has 0 spiro atoms. The third kappa shape index (κ3) is 5.46. The summed E-state index contributed by atoms with van der Waals surface area (Å²) in [5.41, 5.74) is 0.927. The van der Waals surface area contributed by atoms with E-state index in [9.17, 15) is 9.59 Å². The summed E-state index contributed by atoms with van der Waals surface area (Å²) in [6.07, 6.45) is 3.56. The van der Waals surface area contributed by atoms with Gasteiger partial charge in [0.15, 0.2) is 6.10 Å². The Kier molecular flexibility index (Phi) is 7.25. The molecule has 1 fully saturated rings. The Balaban J connectivity index is 1.94. The van der Waals surface area contributed by atoms with Crippen LogP contribution in [-0.4, -0.2) is 42.3 Å². The molecule has 1 saturated carbocycles. The lowest BCUT2D eigenvalue weighted by Crippen LogP contribution is -2.46. The summed E-state index contributed by atoms with van der Waals surface area (Å²) in [5, 5.41) is 14.9. The number of aliphatic hydroxyl groups excluding tert-OH is 1. The molecule has 0 heterocycles. The minimum atomic E-state index is -0.854. The fraction of sp³-hybridized carbons (Fsp3) is 0.579. The third-order valence-electron chi connectivity index (χ3n) is 4.67. The number of rotatable bonds is 7. The first kappa shape index (κ1) is 19.2.